The maximum atomic E-state index is 11.9. The summed E-state index contributed by atoms with van der Waals surface area (Å²) in [6, 6.07) is 18.3. The van der Waals surface area contributed by atoms with E-state index in [1.807, 2.05) is 24.3 Å². The van der Waals surface area contributed by atoms with E-state index in [4.69, 9.17) is 4.74 Å². The van der Waals surface area contributed by atoms with Crippen LogP contribution in [-0.2, 0) is 11.3 Å². The predicted octanol–water partition coefficient (Wildman–Crippen LogP) is 2.60. The van der Waals surface area contributed by atoms with E-state index in [-0.39, 0.29) is 12.5 Å². The zero-order valence-corrected chi connectivity index (χ0v) is 17.6. The maximum absolute atomic E-state index is 11.9. The third kappa shape index (κ3) is 7.12. The summed E-state index contributed by atoms with van der Waals surface area (Å²) in [4.78, 5) is 16.8. The molecule has 0 bridgehead atoms. The zero-order valence-electron chi connectivity index (χ0n) is 15.4. The van der Waals surface area contributed by atoms with Crippen LogP contribution in [0.1, 0.15) is 5.56 Å². The Morgan fingerprint density at radius 2 is 1.63 bits per heavy atom. The molecule has 2 aromatic carbocycles. The molecule has 0 aromatic heterocycles. The van der Waals surface area contributed by atoms with Gasteiger partial charge in [-0.25, -0.2) is 0 Å². The largest absolute Gasteiger partial charge is 0.484 e. The van der Waals surface area contributed by atoms with Crippen molar-refractivity contribution >= 4 is 28.5 Å². The van der Waals surface area contributed by atoms with Gasteiger partial charge in [-0.3, -0.25) is 14.6 Å². The molecule has 27 heavy (non-hydrogen) atoms. The average molecular weight is 479 g/mol. The highest BCUT2D eigenvalue weighted by Gasteiger charge is 2.16. The van der Waals surface area contributed by atoms with Crippen LogP contribution in [0, 0.1) is 3.57 Å². The lowest BCUT2D eigenvalue weighted by atomic mass is 10.2. The van der Waals surface area contributed by atoms with Crippen LogP contribution in [0.4, 0.5) is 0 Å². The van der Waals surface area contributed by atoms with E-state index in [2.05, 4.69) is 68.0 Å². The summed E-state index contributed by atoms with van der Waals surface area (Å²) in [5.41, 5.74) is 1.37. The van der Waals surface area contributed by atoms with E-state index >= 15 is 0 Å². The molecule has 0 atom stereocenters. The van der Waals surface area contributed by atoms with Crippen LogP contribution in [0.2, 0.25) is 0 Å². The summed E-state index contributed by atoms with van der Waals surface area (Å²) in [6.07, 6.45) is 0. The first-order valence-electron chi connectivity index (χ1n) is 9.33. The van der Waals surface area contributed by atoms with Gasteiger partial charge >= 0.3 is 0 Å². The second-order valence-electron chi connectivity index (χ2n) is 6.70. The SMILES string of the molecule is O=C(COc1ccc(I)cc1)NCCN1CCN(Cc2ccccc2)CC1. The minimum atomic E-state index is -0.0729. The smallest absolute Gasteiger partial charge is 0.257 e. The van der Waals surface area contributed by atoms with Gasteiger partial charge in [-0.15, -0.1) is 0 Å². The molecule has 1 fully saturated rings. The van der Waals surface area contributed by atoms with E-state index < -0.39 is 0 Å². The molecule has 0 aliphatic carbocycles. The lowest BCUT2D eigenvalue weighted by Crippen LogP contribution is -2.48. The molecule has 1 N–H and O–H groups in total. The first-order chi connectivity index (χ1) is 13.2. The van der Waals surface area contributed by atoms with Crippen LogP contribution < -0.4 is 10.1 Å². The lowest BCUT2D eigenvalue weighted by molar-refractivity contribution is -0.123. The first-order valence-corrected chi connectivity index (χ1v) is 10.4. The van der Waals surface area contributed by atoms with Crippen LogP contribution in [-0.4, -0.2) is 61.6 Å². The number of carbonyl (C=O) groups excluding carboxylic acids is 1. The van der Waals surface area contributed by atoms with E-state index in [1.165, 1.54) is 5.56 Å². The van der Waals surface area contributed by atoms with Crippen molar-refractivity contribution in [3.63, 3.8) is 0 Å². The van der Waals surface area contributed by atoms with E-state index in [0.29, 0.717) is 6.54 Å². The van der Waals surface area contributed by atoms with Gasteiger partial charge in [0, 0.05) is 49.4 Å². The number of hydrogen-bond acceptors (Lipinski definition) is 4. The Labute approximate surface area is 174 Å². The maximum Gasteiger partial charge on any atom is 0.257 e. The molecule has 1 heterocycles. The van der Waals surface area contributed by atoms with Crippen molar-refractivity contribution in [3.8, 4) is 5.75 Å². The summed E-state index contributed by atoms with van der Waals surface area (Å²) < 4.78 is 6.65. The van der Waals surface area contributed by atoms with Gasteiger partial charge in [0.1, 0.15) is 5.75 Å². The van der Waals surface area contributed by atoms with Gasteiger partial charge in [-0.05, 0) is 52.4 Å². The van der Waals surface area contributed by atoms with Crippen molar-refractivity contribution in [2.75, 3.05) is 45.9 Å². The third-order valence-corrected chi connectivity index (χ3v) is 5.37. The van der Waals surface area contributed by atoms with Crippen LogP contribution in [0.25, 0.3) is 0 Å². The van der Waals surface area contributed by atoms with E-state index in [1.54, 1.807) is 0 Å². The van der Waals surface area contributed by atoms with Crippen molar-refractivity contribution in [2.45, 2.75) is 6.54 Å². The summed E-state index contributed by atoms with van der Waals surface area (Å²) >= 11 is 2.24. The molecular weight excluding hydrogens is 453 g/mol. The standard InChI is InChI=1S/C21H26IN3O2/c22-19-6-8-20(9-7-19)27-17-21(26)23-10-11-24-12-14-25(15-13-24)16-18-4-2-1-3-5-18/h1-9H,10-17H2,(H,23,26). The fourth-order valence-corrected chi connectivity index (χ4v) is 3.46. The summed E-state index contributed by atoms with van der Waals surface area (Å²) in [6.45, 7) is 6.84. The number of carbonyl (C=O) groups is 1. The molecular formula is C21H26IN3O2. The number of amides is 1. The minimum Gasteiger partial charge on any atom is -0.484 e. The van der Waals surface area contributed by atoms with Gasteiger partial charge in [0.15, 0.2) is 6.61 Å². The van der Waals surface area contributed by atoms with Gasteiger partial charge in [0.2, 0.25) is 0 Å². The van der Waals surface area contributed by atoms with Crippen molar-refractivity contribution in [2.24, 2.45) is 0 Å². The molecule has 5 nitrogen and oxygen atoms in total. The Morgan fingerprint density at radius 3 is 2.33 bits per heavy atom. The number of ether oxygens (including phenoxy) is 1. The highest BCUT2D eigenvalue weighted by atomic mass is 127. The molecule has 144 valence electrons. The second kappa shape index (κ2) is 10.6. The van der Waals surface area contributed by atoms with Gasteiger partial charge in [0.05, 0.1) is 0 Å². The van der Waals surface area contributed by atoms with Gasteiger partial charge in [0.25, 0.3) is 5.91 Å². The third-order valence-electron chi connectivity index (χ3n) is 4.65. The van der Waals surface area contributed by atoms with E-state index in [0.717, 1.165) is 48.6 Å². The lowest BCUT2D eigenvalue weighted by Gasteiger charge is -2.34. The molecule has 1 saturated heterocycles. The van der Waals surface area contributed by atoms with Crippen molar-refractivity contribution < 1.29 is 9.53 Å². The Hall–Kier alpha value is -1.64. The van der Waals surface area contributed by atoms with Crippen molar-refractivity contribution in [3.05, 3.63) is 63.7 Å². The highest BCUT2D eigenvalue weighted by Crippen LogP contribution is 2.13. The quantitative estimate of drug-likeness (QED) is 0.592. The van der Waals surface area contributed by atoms with E-state index in [9.17, 15) is 4.79 Å². The molecule has 6 heteroatoms. The topological polar surface area (TPSA) is 44.8 Å². The fraction of sp³-hybridized carbons (Fsp3) is 0.381. The molecule has 0 saturated carbocycles. The summed E-state index contributed by atoms with van der Waals surface area (Å²) in [7, 11) is 0. The van der Waals surface area contributed by atoms with Crippen LogP contribution in [0.3, 0.4) is 0 Å². The minimum absolute atomic E-state index is 0.0610. The van der Waals surface area contributed by atoms with Gasteiger partial charge < -0.3 is 10.1 Å². The average Bonchev–Trinajstić information content (AvgIpc) is 2.70. The Balaban J connectivity index is 1.27. The molecule has 1 aliphatic heterocycles. The van der Waals surface area contributed by atoms with Crippen molar-refractivity contribution in [1.29, 1.82) is 0 Å². The Kier molecular flexibility index (Phi) is 7.92. The zero-order chi connectivity index (χ0) is 18.9. The number of halogens is 1. The van der Waals surface area contributed by atoms with Crippen LogP contribution in [0.5, 0.6) is 5.75 Å². The molecule has 0 unspecified atom stereocenters. The van der Waals surface area contributed by atoms with Gasteiger partial charge in [-0.2, -0.15) is 0 Å². The summed E-state index contributed by atoms with van der Waals surface area (Å²) in [5.74, 6) is 0.649. The normalized spacial score (nSPS) is 15.4. The molecule has 0 spiro atoms. The Morgan fingerprint density at radius 1 is 0.963 bits per heavy atom. The first kappa shape index (κ1) is 20.1. The molecule has 1 aliphatic rings. The number of piperazine rings is 1. The predicted molar refractivity (Wildman–Crippen MR) is 116 cm³/mol. The molecule has 3 rings (SSSR count). The molecule has 1 amide bonds. The monoisotopic (exact) mass is 479 g/mol. The molecule has 2 aromatic rings. The number of rotatable bonds is 8. The van der Waals surface area contributed by atoms with Crippen LogP contribution >= 0.6 is 22.6 Å². The molecule has 0 radical (unpaired) electrons. The van der Waals surface area contributed by atoms with Crippen LogP contribution in [0.15, 0.2) is 54.6 Å². The fourth-order valence-electron chi connectivity index (χ4n) is 3.10. The number of nitrogens with one attached hydrogen (secondary N) is 1. The number of nitrogens with zero attached hydrogens (tertiary/aromatic N) is 2. The van der Waals surface area contributed by atoms with Crippen molar-refractivity contribution in [1.82, 2.24) is 15.1 Å². The Bertz CT molecular complexity index is 701. The number of benzene rings is 2. The highest BCUT2D eigenvalue weighted by molar-refractivity contribution is 14.1. The number of hydrogen-bond donors (Lipinski definition) is 1. The second-order valence-corrected chi connectivity index (χ2v) is 7.94. The summed E-state index contributed by atoms with van der Waals surface area (Å²) in [5, 5.41) is 2.94. The van der Waals surface area contributed by atoms with Gasteiger partial charge in [-0.1, -0.05) is 30.3 Å².